The number of aliphatic hydroxyl groups is 2. The van der Waals surface area contributed by atoms with Gasteiger partial charge in [-0.3, -0.25) is 19.2 Å². The van der Waals surface area contributed by atoms with Gasteiger partial charge in [0, 0.05) is 61.9 Å². The topological polar surface area (TPSA) is 276 Å². The maximum Gasteiger partial charge on any atom is 0.405 e. The number of aliphatic hydroxyl groups excluding tert-OH is 2. The number of alkyl halides is 2. The highest BCUT2D eigenvalue weighted by Gasteiger charge is 2.58. The third kappa shape index (κ3) is 15.9. The zero-order valence-electron chi connectivity index (χ0n) is 56.3. The number of Topliss-reactive ketones (excluding diaryl/α,β-unsaturated/α-hetero) is 1. The number of benzene rings is 3. The number of aryl methyl sites for hydroxylation is 1. The van der Waals surface area contributed by atoms with Gasteiger partial charge in [-0.2, -0.15) is 8.78 Å². The van der Waals surface area contributed by atoms with Crippen molar-refractivity contribution in [3.05, 3.63) is 164 Å². The largest absolute Gasteiger partial charge is 0.508 e. The first kappa shape index (κ1) is 70.9. The standard InChI is InChI=1S/C75H95F2N7O12/c1-43-36-56-66(61(86)41-59(68(56)89)81-71(90)44(2)14-13-17-62(93-6)69(96-73(78)92)46(4)38-45(3)67(88)63(37-43)94-7)79-32-11-8-12-33-80-72(91)49-20-18-47(19-21-49)39-51-15-9-10-16-60-70(75(51,76)77)82-83-84(60)34-35-95-53-26-22-48(23-27-53)57-42-74(5)58(30-31-64(74)87)55-28-24-50-40-52(85)25-29-54(50)65(55)57/h13-14,17-23,25-27,29,38,40-41,43,45,51,55,57-58,62-65,67,69,79,85,87-88H,8-12,15-16,24,28,30-37,39,42H2,1-7H3,(H2,78,92)(H,80,91)(H,81,90)/b17-13-,44-14+,46-38+/t43-,45+,51?,55?,57-,58?,62+,63+,64+,65?,67-,69+,74+/m1/s1. The van der Waals surface area contributed by atoms with Crippen molar-refractivity contribution < 1.29 is 67.0 Å². The number of nitrogens with two attached hydrogens (primary N) is 1. The predicted octanol–water partition coefficient (Wildman–Crippen LogP) is 10.6. The minimum atomic E-state index is -3.26. The van der Waals surface area contributed by atoms with E-state index >= 15 is 8.78 Å². The molecular formula is C75H95F2N7O12. The highest BCUT2D eigenvalue weighted by molar-refractivity contribution is 6.23. The fourth-order valence-corrected chi connectivity index (χ4v) is 16.2. The number of ketones is 2. The van der Waals surface area contributed by atoms with Crippen molar-refractivity contribution in [1.29, 1.82) is 0 Å². The highest BCUT2D eigenvalue weighted by Crippen LogP contribution is 2.65. The van der Waals surface area contributed by atoms with Crippen LogP contribution in [0.3, 0.4) is 0 Å². The molecule has 3 aromatic carbocycles. The SMILES string of the molecule is CO[C@H]1/C=C\C=C(/C)C(=O)NC2=CC(=O)C(NCCCCCNC(=O)c3ccc(CC4CCCCc5c(nnn5CCOc5ccc([C@H]6C[C@@]7(C)C(CC[C@@H]7O)C7CCc8cc(O)ccc8C76)cc5)C4(F)F)cc3)=C(C[C@@H](C)C[C@H](OC)[C@H](O)[C@@H](C)/C=C(\C)[C@@H]1OC(N)=O)C2=O. The van der Waals surface area contributed by atoms with E-state index in [-0.39, 0.29) is 95.8 Å². The zero-order chi connectivity index (χ0) is 68.6. The number of carbonyl (C=O) groups excluding carboxylic acids is 5. The number of methoxy groups -OCH3 is 2. The van der Waals surface area contributed by atoms with E-state index in [0.717, 1.165) is 38.2 Å². The normalized spacial score (nSPS) is 30.1. The van der Waals surface area contributed by atoms with Crippen molar-refractivity contribution in [2.45, 2.75) is 186 Å². The van der Waals surface area contributed by atoms with E-state index in [1.807, 2.05) is 25.1 Å². The number of aromatic nitrogens is 3. The molecule has 2 fully saturated rings. The lowest BCUT2D eigenvalue weighted by molar-refractivity contribution is -0.120. The number of allylic oxidation sites excluding steroid dienone is 4. The molecular weight excluding hydrogens is 1230 g/mol. The minimum absolute atomic E-state index is 0.0825. The zero-order valence-corrected chi connectivity index (χ0v) is 56.3. The van der Waals surface area contributed by atoms with E-state index < -0.39 is 65.7 Å². The van der Waals surface area contributed by atoms with Crippen LogP contribution in [-0.2, 0) is 60.3 Å². The van der Waals surface area contributed by atoms with Gasteiger partial charge in [0.25, 0.3) is 17.7 Å². The Kier molecular flexibility index (Phi) is 23.0. The molecule has 6 aliphatic rings. The number of fused-ring (bicyclic) bond motifs is 8. The number of phenolic OH excluding ortho intramolecular Hbond substituents is 1. The summed E-state index contributed by atoms with van der Waals surface area (Å²) < 4.78 is 58.1. The molecule has 96 heavy (non-hydrogen) atoms. The van der Waals surface area contributed by atoms with Gasteiger partial charge in [0.2, 0.25) is 11.6 Å². The van der Waals surface area contributed by atoms with Crippen LogP contribution in [-0.4, -0.2) is 124 Å². The number of halogens is 2. The van der Waals surface area contributed by atoms with Crippen LogP contribution in [0.25, 0.3) is 0 Å². The van der Waals surface area contributed by atoms with Crippen molar-refractivity contribution in [2.24, 2.45) is 40.7 Å². The molecule has 4 unspecified atom stereocenters. The van der Waals surface area contributed by atoms with Gasteiger partial charge in [-0.15, -0.1) is 5.10 Å². The van der Waals surface area contributed by atoms with Gasteiger partial charge >= 0.3 is 6.09 Å². The number of unbranched alkanes of at least 4 members (excludes halogenated alkanes) is 2. The second kappa shape index (κ2) is 31.1. The van der Waals surface area contributed by atoms with Crippen LogP contribution in [0.4, 0.5) is 13.6 Å². The summed E-state index contributed by atoms with van der Waals surface area (Å²) in [5.74, 6) is -4.75. The number of aromatic hydroxyl groups is 1. The Morgan fingerprint density at radius 3 is 2.41 bits per heavy atom. The quantitative estimate of drug-likeness (QED) is 0.0277. The molecule has 10 rings (SSSR count). The number of nitrogens with one attached hydrogen (secondary N) is 3. The minimum Gasteiger partial charge on any atom is -0.508 e. The second-order valence-corrected chi connectivity index (χ2v) is 27.8. The molecule has 0 spiro atoms. The van der Waals surface area contributed by atoms with Crippen LogP contribution in [0.15, 0.2) is 125 Å². The molecule has 13 atom stereocenters. The van der Waals surface area contributed by atoms with E-state index in [2.05, 4.69) is 51.4 Å². The Labute approximate surface area is 561 Å². The molecule has 3 amide bonds. The molecule has 1 aliphatic heterocycles. The van der Waals surface area contributed by atoms with Crippen molar-refractivity contribution in [3.8, 4) is 11.5 Å². The maximum atomic E-state index is 16.7. The van der Waals surface area contributed by atoms with Crippen LogP contribution in [0.2, 0.25) is 0 Å². The summed E-state index contributed by atoms with van der Waals surface area (Å²) in [4.78, 5) is 66.8. The maximum absolute atomic E-state index is 16.7. The highest BCUT2D eigenvalue weighted by atomic mass is 19.3. The van der Waals surface area contributed by atoms with Gasteiger partial charge in [0.05, 0.1) is 41.9 Å². The Hall–Kier alpha value is -7.85. The van der Waals surface area contributed by atoms with Gasteiger partial charge in [-0.1, -0.05) is 87.0 Å². The van der Waals surface area contributed by atoms with Gasteiger partial charge in [0.1, 0.15) is 24.2 Å². The molecule has 21 heteroatoms. The van der Waals surface area contributed by atoms with Gasteiger partial charge in [-0.25, -0.2) is 9.48 Å². The Bertz CT molecular complexity index is 3640. The molecule has 1 aromatic heterocycles. The van der Waals surface area contributed by atoms with Crippen LogP contribution in [0.5, 0.6) is 11.5 Å². The summed E-state index contributed by atoms with van der Waals surface area (Å²) in [6.45, 7) is 10.3. The van der Waals surface area contributed by atoms with Crippen molar-refractivity contribution in [3.63, 3.8) is 0 Å². The average Bonchev–Trinajstić information content (AvgIpc) is 1.36. The average molecular weight is 1320 g/mol. The Balaban J connectivity index is 0.701. The predicted molar refractivity (Wildman–Crippen MR) is 358 cm³/mol. The van der Waals surface area contributed by atoms with Crippen molar-refractivity contribution in [2.75, 3.05) is 33.9 Å². The van der Waals surface area contributed by atoms with Crippen LogP contribution < -0.4 is 26.4 Å². The third-order valence-corrected chi connectivity index (χ3v) is 21.4. The molecule has 0 saturated heterocycles. The first-order valence-electron chi connectivity index (χ1n) is 34.2. The summed E-state index contributed by atoms with van der Waals surface area (Å²) in [6.07, 6.45) is 11.6. The number of hydrogen-bond acceptors (Lipinski definition) is 15. The summed E-state index contributed by atoms with van der Waals surface area (Å²) >= 11 is 0. The lowest BCUT2D eigenvalue weighted by Crippen LogP contribution is -2.47. The number of phenols is 1. The molecule has 516 valence electrons. The van der Waals surface area contributed by atoms with Gasteiger partial charge in [0.15, 0.2) is 11.8 Å². The molecule has 0 radical (unpaired) electrons. The lowest BCUT2D eigenvalue weighted by Gasteiger charge is -2.54. The smallest absolute Gasteiger partial charge is 0.405 e. The summed E-state index contributed by atoms with van der Waals surface area (Å²) in [5.41, 5.74) is 11.0. The summed E-state index contributed by atoms with van der Waals surface area (Å²) in [7, 11) is 2.90. The monoisotopic (exact) mass is 1320 g/mol. The first-order valence-corrected chi connectivity index (χ1v) is 34.2. The van der Waals surface area contributed by atoms with Crippen molar-refractivity contribution >= 4 is 29.5 Å². The number of amides is 3. The molecule has 4 aromatic rings. The molecule has 5 aliphatic carbocycles. The Morgan fingerprint density at radius 1 is 0.906 bits per heavy atom. The molecule has 2 heterocycles. The molecule has 2 bridgehead atoms. The summed E-state index contributed by atoms with van der Waals surface area (Å²) in [6, 6.07) is 20.8. The van der Waals surface area contributed by atoms with E-state index in [0.29, 0.717) is 104 Å². The van der Waals surface area contributed by atoms with E-state index in [1.54, 1.807) is 61.0 Å². The number of ether oxygens (including phenoxy) is 4. The van der Waals surface area contributed by atoms with E-state index in [4.69, 9.17) is 24.7 Å². The van der Waals surface area contributed by atoms with Crippen LogP contribution in [0, 0.1) is 35.0 Å². The number of rotatable bonds is 18. The number of primary amides is 1. The lowest BCUT2D eigenvalue weighted by atomic mass is 9.51. The first-order chi connectivity index (χ1) is 46.0. The van der Waals surface area contributed by atoms with Crippen molar-refractivity contribution in [1.82, 2.24) is 30.9 Å². The van der Waals surface area contributed by atoms with Crippen LogP contribution >= 0.6 is 0 Å². The number of carbonyl (C=O) groups is 5. The summed E-state index contributed by atoms with van der Waals surface area (Å²) in [5, 5.41) is 50.4. The molecule has 8 N–H and O–H groups in total. The fourth-order valence-electron chi connectivity index (χ4n) is 16.2. The molecule has 19 nitrogen and oxygen atoms in total. The second-order valence-electron chi connectivity index (χ2n) is 27.8. The fraction of sp³-hybridized carbons (Fsp3) is 0.533. The van der Waals surface area contributed by atoms with E-state index in [1.165, 1.54) is 50.0 Å². The van der Waals surface area contributed by atoms with Gasteiger partial charge < -0.3 is 56.0 Å². The molecule has 2 saturated carbocycles. The van der Waals surface area contributed by atoms with Gasteiger partial charge in [-0.05, 0) is 203 Å². The number of hydrogen-bond donors (Lipinski definition) is 7. The van der Waals surface area contributed by atoms with Crippen LogP contribution in [0.1, 0.15) is 168 Å². The van der Waals surface area contributed by atoms with E-state index in [9.17, 15) is 39.3 Å². The third-order valence-electron chi connectivity index (χ3n) is 21.4. The Morgan fingerprint density at radius 2 is 1.67 bits per heavy atom. The number of nitrogens with zero attached hydrogens (tertiary/aromatic N) is 3.